The molecule has 0 radical (unpaired) electrons. The summed E-state index contributed by atoms with van der Waals surface area (Å²) < 4.78 is 13.8. The molecule has 0 unspecified atom stereocenters. The summed E-state index contributed by atoms with van der Waals surface area (Å²) in [6, 6.07) is 9.66. The van der Waals surface area contributed by atoms with Gasteiger partial charge in [0.05, 0.1) is 30.6 Å². The molecule has 3 aromatic rings. The van der Waals surface area contributed by atoms with Crippen molar-refractivity contribution in [1.82, 2.24) is 9.97 Å². The zero-order valence-electron chi connectivity index (χ0n) is 18.9. The highest BCUT2D eigenvalue weighted by Gasteiger charge is 2.32. The fourth-order valence-electron chi connectivity index (χ4n) is 4.25. The Bertz CT molecular complexity index is 1190. The Morgan fingerprint density at radius 1 is 1.03 bits per heavy atom. The van der Waals surface area contributed by atoms with Gasteiger partial charge in [0.15, 0.2) is 0 Å². The molecule has 7 nitrogen and oxygen atoms in total. The summed E-state index contributed by atoms with van der Waals surface area (Å²) in [6.45, 7) is 5.07. The largest absolute Gasteiger partial charge is 0.394 e. The number of nitrogens with one attached hydrogen (secondary N) is 1. The number of carbonyl (C=O) groups excluding carboxylic acids is 1. The van der Waals surface area contributed by atoms with Crippen LogP contribution in [0.3, 0.4) is 0 Å². The molecule has 0 atom stereocenters. The van der Waals surface area contributed by atoms with E-state index in [1.165, 1.54) is 12.1 Å². The van der Waals surface area contributed by atoms with E-state index in [0.29, 0.717) is 29.9 Å². The number of hydrogen-bond donors (Lipinski definition) is 3. The van der Waals surface area contributed by atoms with E-state index in [4.69, 9.17) is 0 Å². The quantitative estimate of drug-likeness (QED) is 0.531. The summed E-state index contributed by atoms with van der Waals surface area (Å²) in [5.41, 5.74) is 5.48. The van der Waals surface area contributed by atoms with Crippen molar-refractivity contribution in [1.29, 1.82) is 0 Å². The van der Waals surface area contributed by atoms with Crippen LogP contribution in [0.5, 0.6) is 0 Å². The maximum atomic E-state index is 13.8. The summed E-state index contributed by atoms with van der Waals surface area (Å²) in [5.74, 6) is 0.207. The van der Waals surface area contributed by atoms with E-state index >= 15 is 0 Å². The van der Waals surface area contributed by atoms with E-state index in [9.17, 15) is 19.4 Å². The first-order valence-electron chi connectivity index (χ1n) is 10.9. The highest BCUT2D eigenvalue weighted by molar-refractivity contribution is 6.04. The van der Waals surface area contributed by atoms with E-state index in [0.717, 1.165) is 27.9 Å². The molecule has 8 heteroatoms. The first-order chi connectivity index (χ1) is 15.8. The van der Waals surface area contributed by atoms with Crippen LogP contribution in [0.4, 0.5) is 21.8 Å². The maximum Gasteiger partial charge on any atom is 0.233 e. The van der Waals surface area contributed by atoms with Gasteiger partial charge >= 0.3 is 0 Å². The topological polar surface area (TPSA) is 98.6 Å². The Labute approximate surface area is 191 Å². The number of halogens is 1. The van der Waals surface area contributed by atoms with Crippen LogP contribution in [0, 0.1) is 26.6 Å². The van der Waals surface area contributed by atoms with Crippen LogP contribution >= 0.6 is 0 Å². The van der Waals surface area contributed by atoms with Gasteiger partial charge in [0.25, 0.3) is 0 Å². The van der Waals surface area contributed by atoms with Crippen molar-refractivity contribution < 1.29 is 19.4 Å². The minimum Gasteiger partial charge on any atom is -0.394 e. The highest BCUT2D eigenvalue weighted by atomic mass is 19.1. The Hall–Kier alpha value is -3.36. The van der Waals surface area contributed by atoms with Crippen LogP contribution in [0.1, 0.15) is 28.7 Å². The van der Waals surface area contributed by atoms with Crippen LogP contribution in [0.15, 0.2) is 36.4 Å². The molecular formula is C25H27FN4O3. The van der Waals surface area contributed by atoms with Gasteiger partial charge in [-0.05, 0) is 62.1 Å². The lowest BCUT2D eigenvalue weighted by molar-refractivity contribution is -0.118. The molecule has 1 aromatic heterocycles. The second-order valence-electron chi connectivity index (χ2n) is 8.33. The zero-order valence-corrected chi connectivity index (χ0v) is 18.9. The van der Waals surface area contributed by atoms with Crippen LogP contribution in [0.2, 0.25) is 0 Å². The Morgan fingerprint density at radius 3 is 2.36 bits per heavy atom. The molecule has 1 amide bonds. The maximum absolute atomic E-state index is 13.8. The number of fused-ring (bicyclic) bond motifs is 1. The molecule has 0 aliphatic carbocycles. The minimum atomic E-state index is -0.668. The molecule has 3 N–H and O–H groups in total. The van der Waals surface area contributed by atoms with Gasteiger partial charge in [0.1, 0.15) is 11.6 Å². The van der Waals surface area contributed by atoms with Crippen LogP contribution in [0.25, 0.3) is 11.3 Å². The zero-order chi connectivity index (χ0) is 23.7. The second-order valence-corrected chi connectivity index (χ2v) is 8.33. The fraction of sp³-hybridized carbons (Fsp3) is 0.320. The molecule has 1 aliphatic heterocycles. The predicted octanol–water partition coefficient (Wildman–Crippen LogP) is 3.58. The van der Waals surface area contributed by atoms with Crippen molar-refractivity contribution >= 4 is 23.4 Å². The van der Waals surface area contributed by atoms with E-state index in [1.54, 1.807) is 11.0 Å². The third-order valence-corrected chi connectivity index (χ3v) is 5.92. The molecule has 2 heterocycles. The SMILES string of the molecule is Cc1cc(F)ccc1-c1nc(NC(CO)CO)nc2c1CCC(=O)N2c1c(C)cccc1C. The number of benzene rings is 2. The summed E-state index contributed by atoms with van der Waals surface area (Å²) in [4.78, 5) is 24.1. The van der Waals surface area contributed by atoms with Crippen molar-refractivity contribution in [3.63, 3.8) is 0 Å². The lowest BCUT2D eigenvalue weighted by atomic mass is 9.95. The average Bonchev–Trinajstić information content (AvgIpc) is 2.78. The molecule has 0 spiro atoms. The number of para-hydroxylation sites is 1. The lowest BCUT2D eigenvalue weighted by Crippen LogP contribution is -2.34. The molecule has 2 aromatic carbocycles. The molecule has 172 valence electrons. The van der Waals surface area contributed by atoms with Crippen molar-refractivity contribution in [3.8, 4) is 11.3 Å². The molecule has 0 fully saturated rings. The van der Waals surface area contributed by atoms with Gasteiger partial charge in [0, 0.05) is 17.5 Å². The van der Waals surface area contributed by atoms with Gasteiger partial charge < -0.3 is 15.5 Å². The molecule has 33 heavy (non-hydrogen) atoms. The van der Waals surface area contributed by atoms with E-state index in [-0.39, 0.29) is 30.9 Å². The molecule has 0 bridgehead atoms. The summed E-state index contributed by atoms with van der Waals surface area (Å²) >= 11 is 0. The summed E-state index contributed by atoms with van der Waals surface area (Å²) in [5, 5.41) is 22.0. The number of nitrogens with zero attached hydrogens (tertiary/aromatic N) is 3. The highest BCUT2D eigenvalue weighted by Crippen LogP contribution is 2.41. The van der Waals surface area contributed by atoms with Gasteiger partial charge in [-0.25, -0.2) is 9.37 Å². The van der Waals surface area contributed by atoms with Crippen molar-refractivity contribution in [2.45, 2.75) is 39.7 Å². The molecular weight excluding hydrogens is 423 g/mol. The molecule has 1 aliphatic rings. The number of rotatable bonds is 6. The number of hydrogen-bond acceptors (Lipinski definition) is 6. The smallest absolute Gasteiger partial charge is 0.233 e. The van der Waals surface area contributed by atoms with Gasteiger partial charge in [-0.15, -0.1) is 0 Å². The molecule has 0 saturated heterocycles. The van der Waals surface area contributed by atoms with Crippen LogP contribution < -0.4 is 10.2 Å². The molecule has 0 saturated carbocycles. The predicted molar refractivity (Wildman–Crippen MR) is 125 cm³/mol. The lowest BCUT2D eigenvalue weighted by Gasteiger charge is -2.32. The van der Waals surface area contributed by atoms with Gasteiger partial charge in [0.2, 0.25) is 11.9 Å². The normalized spacial score (nSPS) is 13.4. The minimum absolute atomic E-state index is 0.0767. The van der Waals surface area contributed by atoms with E-state index in [2.05, 4.69) is 15.3 Å². The van der Waals surface area contributed by atoms with Crippen LogP contribution in [-0.2, 0) is 11.2 Å². The number of carbonyl (C=O) groups is 1. The summed E-state index contributed by atoms with van der Waals surface area (Å²) in [7, 11) is 0. The fourth-order valence-corrected chi connectivity index (χ4v) is 4.25. The van der Waals surface area contributed by atoms with Gasteiger partial charge in [-0.3, -0.25) is 9.69 Å². The number of aliphatic hydroxyl groups excluding tert-OH is 2. The van der Waals surface area contributed by atoms with Crippen molar-refractivity contribution in [2.24, 2.45) is 0 Å². The Balaban J connectivity index is 1.98. The van der Waals surface area contributed by atoms with Crippen LogP contribution in [-0.4, -0.2) is 45.3 Å². The molecule has 4 rings (SSSR count). The number of amides is 1. The third-order valence-electron chi connectivity index (χ3n) is 5.92. The second kappa shape index (κ2) is 9.25. The van der Waals surface area contributed by atoms with Crippen molar-refractivity contribution in [2.75, 3.05) is 23.4 Å². The third kappa shape index (κ3) is 4.31. The number of aromatic nitrogens is 2. The number of aliphatic hydroxyl groups is 2. The standard InChI is InChI=1S/C25H27FN4O3/c1-14-5-4-6-15(2)23(14)30-21(33)10-9-20-22(19-8-7-17(26)11-16(19)3)28-25(29-24(20)30)27-18(12-31)13-32/h4-8,11,18,31-32H,9-10,12-13H2,1-3H3,(H,27,28,29). The Kier molecular flexibility index (Phi) is 6.40. The van der Waals surface area contributed by atoms with E-state index < -0.39 is 6.04 Å². The van der Waals surface area contributed by atoms with Crippen molar-refractivity contribution in [3.05, 3.63) is 64.5 Å². The number of anilines is 3. The Morgan fingerprint density at radius 2 is 1.73 bits per heavy atom. The van der Waals surface area contributed by atoms with Gasteiger partial charge in [-0.2, -0.15) is 4.98 Å². The summed E-state index contributed by atoms with van der Waals surface area (Å²) in [6.07, 6.45) is 0.742. The average molecular weight is 451 g/mol. The number of aryl methyl sites for hydroxylation is 3. The van der Waals surface area contributed by atoms with E-state index in [1.807, 2.05) is 39.0 Å². The first-order valence-corrected chi connectivity index (χ1v) is 10.9. The monoisotopic (exact) mass is 450 g/mol. The van der Waals surface area contributed by atoms with Gasteiger partial charge in [-0.1, -0.05) is 18.2 Å². The first kappa shape index (κ1) is 22.8.